The van der Waals surface area contributed by atoms with Crippen LogP contribution in [-0.4, -0.2) is 4.40 Å². The van der Waals surface area contributed by atoms with E-state index in [1.54, 1.807) is 0 Å². The minimum Gasteiger partial charge on any atom is -0.320 e. The highest BCUT2D eigenvalue weighted by Gasteiger charge is 2.14. The molecule has 0 aliphatic heterocycles. The van der Waals surface area contributed by atoms with E-state index < -0.39 is 0 Å². The number of nitrogens with zero attached hydrogens (tertiary/aromatic N) is 1. The summed E-state index contributed by atoms with van der Waals surface area (Å²) in [5.41, 5.74) is 6.81. The minimum atomic E-state index is 1.06. The van der Waals surface area contributed by atoms with Crippen molar-refractivity contribution in [2.75, 3.05) is 0 Å². The van der Waals surface area contributed by atoms with Gasteiger partial charge in [0.05, 0.1) is 0 Å². The summed E-state index contributed by atoms with van der Waals surface area (Å²) in [7, 11) is 0. The Hall–Kier alpha value is -2.02. The summed E-state index contributed by atoms with van der Waals surface area (Å²) in [6, 6.07) is 17.1. The topological polar surface area (TPSA) is 4.41 Å². The van der Waals surface area contributed by atoms with Crippen LogP contribution in [0.2, 0.25) is 0 Å². The van der Waals surface area contributed by atoms with E-state index in [4.69, 9.17) is 0 Å². The van der Waals surface area contributed by atoms with E-state index in [9.17, 15) is 0 Å². The Kier molecular flexibility index (Phi) is 2.67. The molecular formula is C17H17N. The number of aromatic nitrogens is 1. The lowest BCUT2D eigenvalue weighted by Gasteiger charge is -2.03. The number of rotatable bonds is 2. The quantitative estimate of drug-likeness (QED) is 0.617. The van der Waals surface area contributed by atoms with Crippen molar-refractivity contribution in [3.63, 3.8) is 0 Å². The molecule has 1 nitrogen and oxygen atoms in total. The van der Waals surface area contributed by atoms with Crippen molar-refractivity contribution in [2.45, 2.75) is 20.3 Å². The molecule has 0 N–H and O–H groups in total. The SMILES string of the molecule is CCc1c(-c2ccccc2)c(C)n2ccccc12. The summed E-state index contributed by atoms with van der Waals surface area (Å²) >= 11 is 0. The van der Waals surface area contributed by atoms with Gasteiger partial charge < -0.3 is 4.40 Å². The lowest BCUT2D eigenvalue weighted by molar-refractivity contribution is 1.11. The van der Waals surface area contributed by atoms with Crippen LogP contribution in [0.25, 0.3) is 16.6 Å². The third kappa shape index (κ3) is 1.55. The highest BCUT2D eigenvalue weighted by atomic mass is 14.9. The second-order valence-corrected chi connectivity index (χ2v) is 4.61. The molecule has 90 valence electrons. The lowest BCUT2D eigenvalue weighted by atomic mass is 9.99. The summed E-state index contributed by atoms with van der Waals surface area (Å²) in [6.45, 7) is 4.43. The standard InChI is InChI=1S/C17H17N/c1-3-15-16-11-7-8-12-18(16)13(2)17(15)14-9-5-4-6-10-14/h4-12H,3H2,1-2H3. The molecule has 2 heterocycles. The van der Waals surface area contributed by atoms with E-state index >= 15 is 0 Å². The fraction of sp³-hybridized carbons (Fsp3) is 0.176. The number of hydrogen-bond acceptors (Lipinski definition) is 0. The predicted octanol–water partition coefficient (Wildman–Crippen LogP) is 4.48. The Morgan fingerprint density at radius 1 is 0.944 bits per heavy atom. The van der Waals surface area contributed by atoms with E-state index in [1.165, 1.54) is 27.9 Å². The summed E-state index contributed by atoms with van der Waals surface area (Å²) in [6.07, 6.45) is 3.21. The average molecular weight is 235 g/mol. The van der Waals surface area contributed by atoms with E-state index in [1.807, 2.05) is 0 Å². The van der Waals surface area contributed by atoms with Gasteiger partial charge in [0.1, 0.15) is 0 Å². The zero-order chi connectivity index (χ0) is 12.5. The van der Waals surface area contributed by atoms with Crippen LogP contribution in [-0.2, 0) is 6.42 Å². The van der Waals surface area contributed by atoms with Gasteiger partial charge in [-0.3, -0.25) is 0 Å². The average Bonchev–Trinajstić information content (AvgIpc) is 2.73. The summed E-state index contributed by atoms with van der Waals surface area (Å²) < 4.78 is 2.29. The lowest BCUT2D eigenvalue weighted by Crippen LogP contribution is -1.85. The van der Waals surface area contributed by atoms with E-state index in [0.29, 0.717) is 0 Å². The van der Waals surface area contributed by atoms with Crippen LogP contribution in [0.15, 0.2) is 54.7 Å². The van der Waals surface area contributed by atoms with Crippen LogP contribution in [0.1, 0.15) is 18.2 Å². The smallest absolute Gasteiger partial charge is 0.0491 e. The Labute approximate surface area is 108 Å². The third-order valence-corrected chi connectivity index (χ3v) is 3.61. The van der Waals surface area contributed by atoms with E-state index in [-0.39, 0.29) is 0 Å². The van der Waals surface area contributed by atoms with Crippen LogP contribution in [0.5, 0.6) is 0 Å². The van der Waals surface area contributed by atoms with Crippen molar-refractivity contribution in [3.8, 4) is 11.1 Å². The summed E-state index contributed by atoms with van der Waals surface area (Å²) in [5, 5.41) is 0. The molecule has 0 bridgehead atoms. The van der Waals surface area contributed by atoms with Crippen LogP contribution < -0.4 is 0 Å². The van der Waals surface area contributed by atoms with Gasteiger partial charge in [-0.1, -0.05) is 43.3 Å². The molecule has 3 aromatic rings. The molecule has 18 heavy (non-hydrogen) atoms. The Morgan fingerprint density at radius 3 is 2.39 bits per heavy atom. The van der Waals surface area contributed by atoms with E-state index in [2.05, 4.69) is 73.0 Å². The normalized spacial score (nSPS) is 11.0. The second-order valence-electron chi connectivity index (χ2n) is 4.61. The highest BCUT2D eigenvalue weighted by Crippen LogP contribution is 2.32. The summed E-state index contributed by atoms with van der Waals surface area (Å²) in [5.74, 6) is 0. The largest absolute Gasteiger partial charge is 0.320 e. The van der Waals surface area contributed by atoms with Crippen LogP contribution in [0.3, 0.4) is 0 Å². The van der Waals surface area contributed by atoms with Crippen LogP contribution in [0.4, 0.5) is 0 Å². The van der Waals surface area contributed by atoms with Gasteiger partial charge in [-0.2, -0.15) is 0 Å². The number of fused-ring (bicyclic) bond motifs is 1. The number of pyridine rings is 1. The molecule has 0 atom stereocenters. The van der Waals surface area contributed by atoms with Crippen molar-refractivity contribution in [1.82, 2.24) is 4.40 Å². The van der Waals surface area contributed by atoms with Gasteiger partial charge in [-0.15, -0.1) is 0 Å². The van der Waals surface area contributed by atoms with Crippen LogP contribution in [0, 0.1) is 6.92 Å². The molecule has 0 spiro atoms. The zero-order valence-electron chi connectivity index (χ0n) is 10.9. The maximum absolute atomic E-state index is 2.29. The Bertz CT molecular complexity index is 677. The van der Waals surface area contributed by atoms with Gasteiger partial charge in [0.25, 0.3) is 0 Å². The van der Waals surface area contributed by atoms with Gasteiger partial charge in [0, 0.05) is 23.0 Å². The van der Waals surface area contributed by atoms with Gasteiger partial charge in [0.2, 0.25) is 0 Å². The molecule has 3 rings (SSSR count). The first-order chi connectivity index (χ1) is 8.83. The fourth-order valence-electron chi connectivity index (χ4n) is 2.79. The molecule has 0 aliphatic rings. The number of benzene rings is 1. The molecule has 0 amide bonds. The Morgan fingerprint density at radius 2 is 1.67 bits per heavy atom. The molecule has 2 aromatic heterocycles. The van der Waals surface area contributed by atoms with Gasteiger partial charge in [-0.05, 0) is 36.6 Å². The maximum Gasteiger partial charge on any atom is 0.0491 e. The number of aryl methyl sites for hydroxylation is 2. The van der Waals surface area contributed by atoms with E-state index in [0.717, 1.165) is 6.42 Å². The Balaban J connectivity index is 2.38. The third-order valence-electron chi connectivity index (χ3n) is 3.61. The van der Waals surface area contributed by atoms with Gasteiger partial charge in [-0.25, -0.2) is 0 Å². The maximum atomic E-state index is 2.29. The summed E-state index contributed by atoms with van der Waals surface area (Å²) in [4.78, 5) is 0. The molecule has 0 fully saturated rings. The molecule has 0 saturated heterocycles. The highest BCUT2D eigenvalue weighted by molar-refractivity contribution is 5.79. The van der Waals surface area contributed by atoms with Gasteiger partial charge >= 0.3 is 0 Å². The predicted molar refractivity (Wildman–Crippen MR) is 76.9 cm³/mol. The first-order valence-corrected chi connectivity index (χ1v) is 6.47. The first-order valence-electron chi connectivity index (χ1n) is 6.47. The number of hydrogen-bond donors (Lipinski definition) is 0. The zero-order valence-corrected chi connectivity index (χ0v) is 10.9. The molecule has 0 saturated carbocycles. The monoisotopic (exact) mass is 235 g/mol. The second kappa shape index (κ2) is 4.34. The first kappa shape index (κ1) is 11.1. The molecule has 0 unspecified atom stereocenters. The molecular weight excluding hydrogens is 218 g/mol. The van der Waals surface area contributed by atoms with Crippen molar-refractivity contribution < 1.29 is 0 Å². The fourth-order valence-corrected chi connectivity index (χ4v) is 2.79. The molecule has 1 aromatic carbocycles. The minimum absolute atomic E-state index is 1.06. The van der Waals surface area contributed by atoms with Crippen molar-refractivity contribution in [3.05, 3.63) is 66.0 Å². The van der Waals surface area contributed by atoms with Crippen molar-refractivity contribution in [1.29, 1.82) is 0 Å². The van der Waals surface area contributed by atoms with Crippen molar-refractivity contribution >= 4 is 5.52 Å². The van der Waals surface area contributed by atoms with Gasteiger partial charge in [0.15, 0.2) is 0 Å². The molecule has 0 aliphatic carbocycles. The molecule has 1 heteroatoms. The van der Waals surface area contributed by atoms with Crippen LogP contribution >= 0.6 is 0 Å². The molecule has 0 radical (unpaired) electrons. The van der Waals surface area contributed by atoms with Crippen molar-refractivity contribution in [2.24, 2.45) is 0 Å².